The van der Waals surface area contributed by atoms with E-state index in [1.54, 1.807) is 25.1 Å². The molecule has 1 saturated heterocycles. The second-order valence-electron chi connectivity index (χ2n) is 5.33. The molecule has 1 fully saturated rings. The van der Waals surface area contributed by atoms with E-state index in [4.69, 9.17) is 11.6 Å². The van der Waals surface area contributed by atoms with E-state index >= 15 is 0 Å². The lowest BCUT2D eigenvalue weighted by molar-refractivity contribution is -0.120. The molecule has 0 radical (unpaired) electrons. The van der Waals surface area contributed by atoms with E-state index in [9.17, 15) is 9.59 Å². The third-order valence-corrected chi connectivity index (χ3v) is 4.01. The first-order chi connectivity index (χ1) is 10.0. The average Bonchev–Trinajstić information content (AvgIpc) is 2.88. The van der Waals surface area contributed by atoms with Gasteiger partial charge in [0.1, 0.15) is 0 Å². The molecule has 6 heteroatoms. The Kier molecular flexibility index (Phi) is 5.20. The Morgan fingerprint density at radius 3 is 2.71 bits per heavy atom. The van der Waals surface area contributed by atoms with E-state index in [1.165, 1.54) is 0 Å². The van der Waals surface area contributed by atoms with Gasteiger partial charge in [-0.15, -0.1) is 0 Å². The highest BCUT2D eigenvalue weighted by Crippen LogP contribution is 2.27. The summed E-state index contributed by atoms with van der Waals surface area (Å²) in [7, 11) is 0. The van der Waals surface area contributed by atoms with E-state index in [0.717, 1.165) is 6.54 Å². The molecule has 21 heavy (non-hydrogen) atoms. The van der Waals surface area contributed by atoms with Gasteiger partial charge in [0.05, 0.1) is 16.6 Å². The van der Waals surface area contributed by atoms with E-state index in [2.05, 4.69) is 16.0 Å². The molecule has 0 bridgehead atoms. The predicted molar refractivity (Wildman–Crippen MR) is 84.5 cm³/mol. The first-order valence-corrected chi connectivity index (χ1v) is 7.50. The second kappa shape index (κ2) is 6.91. The van der Waals surface area contributed by atoms with Crippen LogP contribution in [0.4, 0.5) is 11.4 Å². The van der Waals surface area contributed by atoms with Gasteiger partial charge >= 0.3 is 0 Å². The third kappa shape index (κ3) is 3.95. The summed E-state index contributed by atoms with van der Waals surface area (Å²) in [5.74, 6) is 0.110. The van der Waals surface area contributed by atoms with Crippen molar-refractivity contribution in [2.45, 2.75) is 20.3 Å². The minimum Gasteiger partial charge on any atom is -0.326 e. The highest BCUT2D eigenvalue weighted by Gasteiger charge is 2.29. The van der Waals surface area contributed by atoms with Gasteiger partial charge in [0.25, 0.3) is 0 Å². The van der Waals surface area contributed by atoms with Gasteiger partial charge in [-0.05, 0) is 30.7 Å². The normalized spacial score (nSPS) is 21.1. The van der Waals surface area contributed by atoms with Crippen molar-refractivity contribution >= 4 is 34.8 Å². The molecule has 114 valence electrons. The van der Waals surface area contributed by atoms with Crippen LogP contribution in [0.2, 0.25) is 5.02 Å². The van der Waals surface area contributed by atoms with Gasteiger partial charge in [-0.1, -0.05) is 25.4 Å². The van der Waals surface area contributed by atoms with Gasteiger partial charge in [-0.2, -0.15) is 0 Å². The number of amides is 2. The van der Waals surface area contributed by atoms with Crippen LogP contribution < -0.4 is 16.0 Å². The maximum atomic E-state index is 12.3. The second-order valence-corrected chi connectivity index (χ2v) is 5.73. The smallest absolute Gasteiger partial charge is 0.229 e. The molecule has 0 aliphatic carbocycles. The fourth-order valence-corrected chi connectivity index (χ4v) is 2.50. The quantitative estimate of drug-likeness (QED) is 0.800. The first-order valence-electron chi connectivity index (χ1n) is 7.12. The minimum absolute atomic E-state index is 0.0478. The molecular weight excluding hydrogens is 290 g/mol. The molecule has 0 spiro atoms. The number of carbonyl (C=O) groups excluding carboxylic acids is 2. The fraction of sp³-hybridized carbons (Fsp3) is 0.467. The molecule has 1 heterocycles. The van der Waals surface area contributed by atoms with Crippen molar-refractivity contribution in [2.24, 2.45) is 11.8 Å². The molecule has 0 aromatic heterocycles. The molecule has 3 N–H and O–H groups in total. The molecule has 1 aliphatic heterocycles. The maximum Gasteiger partial charge on any atom is 0.229 e. The molecule has 1 aliphatic rings. The Bertz CT molecular complexity index is 548. The average molecular weight is 310 g/mol. The van der Waals surface area contributed by atoms with Crippen LogP contribution in [0.15, 0.2) is 18.2 Å². The Morgan fingerprint density at radius 1 is 1.33 bits per heavy atom. The predicted octanol–water partition coefficient (Wildman–Crippen LogP) is 2.48. The van der Waals surface area contributed by atoms with Crippen molar-refractivity contribution in [3.63, 3.8) is 0 Å². The standard InChI is InChI=1S/C15H20ClN3O2/c1-3-14(20)18-10-4-5-12(16)13(6-10)19-15(21)11-8-17-7-9(11)2/h4-6,9,11,17H,3,7-8H2,1-2H3,(H,18,20)(H,19,21). The van der Waals surface area contributed by atoms with E-state index < -0.39 is 0 Å². The lowest BCUT2D eigenvalue weighted by Crippen LogP contribution is -2.28. The molecule has 2 atom stereocenters. The third-order valence-electron chi connectivity index (χ3n) is 3.68. The van der Waals surface area contributed by atoms with Gasteiger partial charge in [0.15, 0.2) is 0 Å². The number of nitrogens with one attached hydrogen (secondary N) is 3. The lowest BCUT2D eigenvalue weighted by Gasteiger charge is -2.16. The lowest BCUT2D eigenvalue weighted by atomic mass is 9.97. The molecule has 2 amide bonds. The topological polar surface area (TPSA) is 70.2 Å². The van der Waals surface area contributed by atoms with Crippen LogP contribution >= 0.6 is 11.6 Å². The SMILES string of the molecule is CCC(=O)Nc1ccc(Cl)c(NC(=O)C2CNCC2C)c1. The van der Waals surface area contributed by atoms with Crippen molar-refractivity contribution in [1.29, 1.82) is 0 Å². The Morgan fingerprint density at radius 2 is 2.10 bits per heavy atom. The number of hydrogen-bond acceptors (Lipinski definition) is 3. The van der Waals surface area contributed by atoms with Gasteiger partial charge in [0.2, 0.25) is 11.8 Å². The number of anilines is 2. The summed E-state index contributed by atoms with van der Waals surface area (Å²) in [5.41, 5.74) is 1.15. The summed E-state index contributed by atoms with van der Waals surface area (Å²) >= 11 is 6.11. The highest BCUT2D eigenvalue weighted by molar-refractivity contribution is 6.33. The van der Waals surface area contributed by atoms with Gasteiger partial charge in [0, 0.05) is 18.7 Å². The molecule has 1 aromatic carbocycles. The number of hydrogen-bond donors (Lipinski definition) is 3. The van der Waals surface area contributed by atoms with Crippen LogP contribution in [0.1, 0.15) is 20.3 Å². The number of halogens is 1. The molecule has 0 saturated carbocycles. The number of rotatable bonds is 4. The first kappa shape index (κ1) is 15.8. The molecule has 2 unspecified atom stereocenters. The van der Waals surface area contributed by atoms with E-state index in [0.29, 0.717) is 35.3 Å². The summed E-state index contributed by atoms with van der Waals surface area (Å²) in [6, 6.07) is 5.06. The monoisotopic (exact) mass is 309 g/mol. The van der Waals surface area contributed by atoms with Gasteiger partial charge in [-0.25, -0.2) is 0 Å². The van der Waals surface area contributed by atoms with Crippen LogP contribution in [-0.4, -0.2) is 24.9 Å². The zero-order valence-corrected chi connectivity index (χ0v) is 13.0. The van der Waals surface area contributed by atoms with Crippen LogP contribution in [-0.2, 0) is 9.59 Å². The largest absolute Gasteiger partial charge is 0.326 e. The molecular formula is C15H20ClN3O2. The summed E-state index contributed by atoms with van der Waals surface area (Å²) in [6.07, 6.45) is 0.398. The van der Waals surface area contributed by atoms with Crippen molar-refractivity contribution in [3.8, 4) is 0 Å². The van der Waals surface area contributed by atoms with Crippen LogP contribution in [0.5, 0.6) is 0 Å². The zero-order valence-electron chi connectivity index (χ0n) is 12.2. The van der Waals surface area contributed by atoms with Gasteiger partial charge < -0.3 is 16.0 Å². The summed E-state index contributed by atoms with van der Waals surface area (Å²) < 4.78 is 0. The van der Waals surface area contributed by atoms with E-state index in [-0.39, 0.29) is 17.7 Å². The number of benzene rings is 1. The van der Waals surface area contributed by atoms with E-state index in [1.807, 2.05) is 6.92 Å². The van der Waals surface area contributed by atoms with Gasteiger partial charge in [-0.3, -0.25) is 9.59 Å². The van der Waals surface area contributed by atoms with Crippen molar-refractivity contribution in [2.75, 3.05) is 23.7 Å². The highest BCUT2D eigenvalue weighted by atomic mass is 35.5. The Balaban J connectivity index is 2.09. The number of carbonyl (C=O) groups is 2. The summed E-state index contributed by atoms with van der Waals surface area (Å²) in [6.45, 7) is 5.35. The summed E-state index contributed by atoms with van der Waals surface area (Å²) in [4.78, 5) is 23.7. The molecule has 1 aromatic rings. The Hall–Kier alpha value is -1.59. The minimum atomic E-state index is -0.0804. The van der Waals surface area contributed by atoms with Crippen LogP contribution in [0, 0.1) is 11.8 Å². The molecule has 2 rings (SSSR count). The Labute approximate surface area is 129 Å². The van der Waals surface area contributed by atoms with Crippen molar-refractivity contribution in [1.82, 2.24) is 5.32 Å². The maximum absolute atomic E-state index is 12.3. The van der Waals surface area contributed by atoms with Crippen LogP contribution in [0.25, 0.3) is 0 Å². The fourth-order valence-electron chi connectivity index (χ4n) is 2.33. The van der Waals surface area contributed by atoms with Crippen molar-refractivity contribution < 1.29 is 9.59 Å². The van der Waals surface area contributed by atoms with Crippen LogP contribution in [0.3, 0.4) is 0 Å². The van der Waals surface area contributed by atoms with Crippen molar-refractivity contribution in [3.05, 3.63) is 23.2 Å². The molecule has 5 nitrogen and oxygen atoms in total. The summed E-state index contributed by atoms with van der Waals surface area (Å²) in [5, 5.41) is 9.25. The zero-order chi connectivity index (χ0) is 15.4.